The van der Waals surface area contributed by atoms with Crippen LogP contribution in [0.1, 0.15) is 58.2 Å². The van der Waals surface area contributed by atoms with E-state index in [1.54, 1.807) is 12.1 Å². The lowest BCUT2D eigenvalue weighted by atomic mass is 10.1. The number of benzene rings is 4. The number of carbonyl (C=O) groups is 4. The molecule has 0 bridgehead atoms. The Morgan fingerprint density at radius 3 is 1.33 bits per heavy atom. The Balaban J connectivity index is 1.05. The van der Waals surface area contributed by atoms with Gasteiger partial charge in [-0.2, -0.15) is 41.8 Å². The Morgan fingerprint density at radius 2 is 0.968 bits per heavy atom. The van der Waals surface area contributed by atoms with E-state index in [9.17, 15) is 45.1 Å². The van der Waals surface area contributed by atoms with Crippen molar-refractivity contribution in [1.82, 2.24) is 24.9 Å². The van der Waals surface area contributed by atoms with Crippen LogP contribution in [0.2, 0.25) is 0 Å². The van der Waals surface area contributed by atoms with Crippen LogP contribution in [0.3, 0.4) is 0 Å². The minimum Gasteiger partial charge on any atom is -0.378 e. The number of thioether (sulfide) groups is 1. The van der Waals surface area contributed by atoms with Gasteiger partial charge in [0, 0.05) is 75.1 Å². The predicted molar refractivity (Wildman–Crippen MR) is 369 cm³/mol. The zero-order valence-electron chi connectivity index (χ0n) is 52.8. The van der Waals surface area contributed by atoms with Crippen LogP contribution in [0.15, 0.2) is 131 Å². The van der Waals surface area contributed by atoms with E-state index >= 15 is 0 Å². The standard InChI is InChI=1S/C61H69N17O12S5/c1-8-75(9-2)41-19-21-47(71-73-60-66-53(77-23-27-89-28-24-77)51(92-60)35-45(37(6)79)55(81)62-39-15-13-17-43(31-39)94(83,84)85)49(33-41)64-57-68-58(70-59(69-57)91-12-5)65-50-34-42(76(10-3)11-4)20-22-48(50)72-74-61-67-54(78-25-29-90-30-26-78)52(93-61)36-46(38(7)80)56(82)63-40-16-14-18-44(32-40)95(86,87)88/h13-22,31-36H,8-12,23-30H2,1-7H3,(H,62,81)(H,63,82)(H,83,84,85)(H,86,87,88)(H2,64,65,68,69,70)/b45-35-,46-36+,73-71+,74-72+. The van der Waals surface area contributed by atoms with Gasteiger partial charge in [0.15, 0.2) is 16.7 Å². The summed E-state index contributed by atoms with van der Waals surface area (Å²) >= 11 is 3.55. The fraction of sp³-hybridized carbons (Fsp3) is 0.328. The van der Waals surface area contributed by atoms with E-state index in [2.05, 4.69) is 41.3 Å². The minimum atomic E-state index is -4.59. The lowest BCUT2D eigenvalue weighted by molar-refractivity contribution is -0.120. The van der Waals surface area contributed by atoms with Crippen molar-refractivity contribution < 1.29 is 54.6 Å². The van der Waals surface area contributed by atoms with Crippen LogP contribution >= 0.6 is 34.4 Å². The second kappa shape index (κ2) is 32.0. The molecule has 3 aromatic heterocycles. The monoisotopic (exact) mass is 1390 g/mol. The number of hydrogen-bond donors (Lipinski definition) is 6. The van der Waals surface area contributed by atoms with Crippen molar-refractivity contribution in [1.29, 1.82) is 0 Å². The van der Waals surface area contributed by atoms with Gasteiger partial charge in [0.2, 0.25) is 22.2 Å². The molecule has 5 heterocycles. The molecule has 0 spiro atoms. The Morgan fingerprint density at radius 1 is 0.568 bits per heavy atom. The van der Waals surface area contributed by atoms with E-state index in [0.29, 0.717) is 134 Å². The van der Waals surface area contributed by atoms with Gasteiger partial charge in [0.25, 0.3) is 32.1 Å². The molecule has 2 aliphatic heterocycles. The van der Waals surface area contributed by atoms with Crippen LogP contribution in [-0.4, -0.2) is 159 Å². The molecule has 29 nitrogen and oxygen atoms in total. The number of azo groups is 2. The highest BCUT2D eigenvalue weighted by Gasteiger charge is 2.26. The predicted octanol–water partition coefficient (Wildman–Crippen LogP) is 11.3. The van der Waals surface area contributed by atoms with Gasteiger partial charge in [0.05, 0.1) is 68.5 Å². The largest absolute Gasteiger partial charge is 0.378 e. The topological polar surface area (TPSA) is 370 Å². The van der Waals surface area contributed by atoms with Crippen LogP contribution in [0.4, 0.5) is 79.3 Å². The smallest absolute Gasteiger partial charge is 0.294 e. The number of Topliss-reactive ketones (excluding diaryl/α,β-unsaturated/α-hetero) is 2. The van der Waals surface area contributed by atoms with Crippen LogP contribution < -0.4 is 40.9 Å². The van der Waals surface area contributed by atoms with E-state index in [-0.39, 0.29) is 44.7 Å². The van der Waals surface area contributed by atoms with Crippen LogP contribution in [0.25, 0.3) is 12.2 Å². The van der Waals surface area contributed by atoms with Crippen LogP contribution in [0.5, 0.6) is 0 Å². The highest BCUT2D eigenvalue weighted by Crippen LogP contribution is 2.41. The summed E-state index contributed by atoms with van der Waals surface area (Å²) in [5.74, 6) is -1.05. The number of rotatable bonds is 28. The van der Waals surface area contributed by atoms with Gasteiger partial charge in [-0.1, -0.05) is 53.5 Å². The zero-order chi connectivity index (χ0) is 68.0. The first kappa shape index (κ1) is 70.3. The molecule has 9 rings (SSSR count). The highest BCUT2D eigenvalue weighted by molar-refractivity contribution is 7.99. The van der Waals surface area contributed by atoms with Gasteiger partial charge >= 0.3 is 0 Å². The normalized spacial score (nSPS) is 14.1. The molecule has 0 unspecified atom stereocenters. The van der Waals surface area contributed by atoms with E-state index in [0.717, 1.165) is 58.3 Å². The van der Waals surface area contributed by atoms with Crippen molar-refractivity contribution in [2.24, 2.45) is 20.5 Å². The number of thiazole rings is 2. The average Bonchev–Trinajstić information content (AvgIpc) is 1.73. The van der Waals surface area contributed by atoms with Gasteiger partial charge in [-0.3, -0.25) is 28.3 Å². The molecule has 95 heavy (non-hydrogen) atoms. The molecule has 0 atom stereocenters. The Labute approximate surface area is 560 Å². The quantitative estimate of drug-likeness (QED) is 0.00662. The lowest BCUT2D eigenvalue weighted by Crippen LogP contribution is -2.36. The number of anilines is 10. The SMILES string of the molecule is CCSc1nc(Nc2cc(N(CC)CC)ccc2/N=N/c2nc(N3CCOCC3)c(/C=C(/C(C)=O)C(=O)Nc3cccc(S(=O)(=O)O)c3)s2)nc(Nc2cc(N(CC)CC)ccc2/N=N/c2nc(N3CCOCC3)c(/C=C(\C(C)=O)C(=O)Nc3cccc(S(=O)(=O)O)c3)s2)n1. The van der Waals surface area contributed by atoms with Gasteiger partial charge in [-0.25, -0.2) is 0 Å². The molecule has 0 aliphatic carbocycles. The fourth-order valence-electron chi connectivity index (χ4n) is 9.77. The maximum Gasteiger partial charge on any atom is 0.294 e. The molecule has 0 saturated carbocycles. The van der Waals surface area contributed by atoms with Gasteiger partial charge in [-0.15, -0.1) is 20.5 Å². The van der Waals surface area contributed by atoms with Crippen molar-refractivity contribution in [2.45, 2.75) is 63.4 Å². The maximum atomic E-state index is 13.7. The average molecular weight is 1390 g/mol. The molecule has 0 radical (unpaired) electrons. The van der Waals surface area contributed by atoms with Crippen molar-refractivity contribution in [3.05, 3.63) is 106 Å². The highest BCUT2D eigenvalue weighted by atomic mass is 32.2. The summed E-state index contributed by atoms with van der Waals surface area (Å²) in [4.78, 5) is 86.2. The zero-order valence-corrected chi connectivity index (χ0v) is 56.8. The first-order chi connectivity index (χ1) is 45.5. The number of amides is 2. The molecular formula is C61H69N17O12S5. The fourth-order valence-corrected chi connectivity index (χ4v) is 13.1. The molecule has 2 saturated heterocycles. The van der Waals surface area contributed by atoms with E-state index in [1.165, 1.54) is 62.0 Å². The molecule has 500 valence electrons. The van der Waals surface area contributed by atoms with Crippen molar-refractivity contribution in [3.63, 3.8) is 0 Å². The first-order valence-corrected chi connectivity index (χ1v) is 35.5. The summed E-state index contributed by atoms with van der Waals surface area (Å²) in [6.07, 6.45) is 2.81. The number of hydrogen-bond acceptors (Lipinski definition) is 28. The van der Waals surface area contributed by atoms with Crippen molar-refractivity contribution in [2.75, 3.05) is 125 Å². The molecule has 2 amide bonds. The van der Waals surface area contributed by atoms with Gasteiger partial charge < -0.3 is 50.3 Å². The van der Waals surface area contributed by atoms with E-state index in [1.807, 2.05) is 68.7 Å². The summed E-state index contributed by atoms with van der Waals surface area (Å²) in [6, 6.07) is 21.2. The third-order valence-corrected chi connectivity index (χ3v) is 18.7. The Bertz CT molecular complexity index is 4080. The molecule has 2 aliphatic rings. The first-order valence-electron chi connectivity index (χ1n) is 30.0. The van der Waals surface area contributed by atoms with Crippen molar-refractivity contribution >= 4 is 169 Å². The molecule has 34 heteroatoms. The number of nitrogens with zero attached hydrogens (tertiary/aromatic N) is 13. The number of ether oxygens (including phenoxy) is 2. The van der Waals surface area contributed by atoms with Gasteiger partial charge in [0.1, 0.15) is 23.0 Å². The number of nitrogens with one attached hydrogen (secondary N) is 4. The molecule has 7 aromatic rings. The van der Waals surface area contributed by atoms with Crippen molar-refractivity contribution in [3.8, 4) is 0 Å². The molecule has 4 aromatic carbocycles. The molecule has 2 fully saturated rings. The summed E-state index contributed by atoms with van der Waals surface area (Å²) in [5.41, 5.74) is 2.94. The number of morpholine rings is 2. The van der Waals surface area contributed by atoms with Crippen LogP contribution in [-0.2, 0) is 48.9 Å². The lowest BCUT2D eigenvalue weighted by Gasteiger charge is -2.27. The number of carbonyl (C=O) groups excluding carboxylic acids is 4. The summed E-state index contributed by atoms with van der Waals surface area (Å²) in [5, 5.41) is 31.3. The minimum absolute atomic E-state index is 0.0306. The summed E-state index contributed by atoms with van der Waals surface area (Å²) < 4.78 is 78.0. The van der Waals surface area contributed by atoms with Crippen LogP contribution in [0, 0.1) is 0 Å². The maximum absolute atomic E-state index is 13.7. The Hall–Kier alpha value is -9.00. The number of aromatic nitrogens is 5. The summed E-state index contributed by atoms with van der Waals surface area (Å²) in [6.45, 7) is 18.7. The second-order valence-electron chi connectivity index (χ2n) is 20.8. The molecular weight excluding hydrogens is 1320 g/mol. The molecule has 6 N–H and O–H groups in total. The van der Waals surface area contributed by atoms with E-state index < -0.39 is 53.4 Å². The third kappa shape index (κ3) is 18.5. The number of ketones is 2. The van der Waals surface area contributed by atoms with E-state index in [4.69, 9.17) is 44.6 Å². The summed E-state index contributed by atoms with van der Waals surface area (Å²) in [7, 11) is -9.18. The Kier molecular flexibility index (Phi) is 23.7. The van der Waals surface area contributed by atoms with Gasteiger partial charge in [-0.05, 0) is 132 Å². The second-order valence-corrected chi connectivity index (χ2v) is 26.9. The third-order valence-electron chi connectivity index (χ3n) is 14.5.